The first-order valence-corrected chi connectivity index (χ1v) is 11.7. The molecule has 0 aliphatic rings. The van der Waals surface area contributed by atoms with Crippen molar-refractivity contribution in [2.45, 2.75) is 69.2 Å². The summed E-state index contributed by atoms with van der Waals surface area (Å²) >= 11 is 24.8. The van der Waals surface area contributed by atoms with Gasteiger partial charge in [0.05, 0.1) is 0 Å². The van der Waals surface area contributed by atoms with E-state index in [2.05, 4.69) is 9.80 Å². The molecule has 0 aromatic heterocycles. The third-order valence-corrected chi connectivity index (χ3v) is 5.05. The molecular weight excluding hydrogens is 454 g/mol. The zero-order valence-corrected chi connectivity index (χ0v) is 21.0. The SMILES string of the molecule is Cc1c(O)c(CN(CC(C)Cl)CC(C)Cl)cc(CN(CC(C)Cl)CC(C)Cl)c1O. The predicted octanol–water partition coefficient (Wildman–Crippen LogP) is 5.52. The van der Waals surface area contributed by atoms with Crippen molar-refractivity contribution in [2.75, 3.05) is 26.2 Å². The van der Waals surface area contributed by atoms with Crippen LogP contribution in [0.2, 0.25) is 0 Å². The molecule has 0 spiro atoms. The Labute approximate surface area is 195 Å². The molecule has 0 saturated heterocycles. The van der Waals surface area contributed by atoms with Crippen molar-refractivity contribution < 1.29 is 10.2 Å². The van der Waals surface area contributed by atoms with Gasteiger partial charge in [-0.05, 0) is 40.7 Å². The first-order chi connectivity index (χ1) is 13.4. The standard InChI is InChI=1S/C21H34Cl4N2O2/c1-13(22)7-26(8-14(2)23)11-18-6-19(21(29)17(5)20(18)28)12-27(9-15(3)24)10-16(4)25/h6,13-16,28-29H,7-12H2,1-5H3. The Morgan fingerprint density at radius 1 is 0.690 bits per heavy atom. The maximum absolute atomic E-state index is 10.6. The summed E-state index contributed by atoms with van der Waals surface area (Å²) in [6.45, 7) is 13.0. The molecule has 0 saturated carbocycles. The van der Waals surface area contributed by atoms with E-state index >= 15 is 0 Å². The number of nitrogens with zero attached hydrogens (tertiary/aromatic N) is 2. The van der Waals surface area contributed by atoms with Crippen LogP contribution >= 0.6 is 46.4 Å². The summed E-state index contributed by atoms with van der Waals surface area (Å²) in [5, 5.41) is 21.1. The van der Waals surface area contributed by atoms with E-state index in [0.29, 0.717) is 44.8 Å². The van der Waals surface area contributed by atoms with E-state index in [1.165, 1.54) is 0 Å². The lowest BCUT2D eigenvalue weighted by Gasteiger charge is -2.28. The molecule has 0 aliphatic heterocycles. The smallest absolute Gasteiger partial charge is 0.126 e. The quantitative estimate of drug-likeness (QED) is 0.381. The first kappa shape index (κ1) is 26.9. The van der Waals surface area contributed by atoms with Gasteiger partial charge in [0.25, 0.3) is 0 Å². The Morgan fingerprint density at radius 3 is 1.21 bits per heavy atom. The van der Waals surface area contributed by atoms with E-state index in [9.17, 15) is 10.2 Å². The molecule has 1 aromatic rings. The number of halogens is 4. The van der Waals surface area contributed by atoms with Gasteiger partial charge in [0.1, 0.15) is 11.5 Å². The maximum Gasteiger partial charge on any atom is 0.126 e. The van der Waals surface area contributed by atoms with Crippen LogP contribution in [-0.4, -0.2) is 67.7 Å². The van der Waals surface area contributed by atoms with Gasteiger partial charge in [-0.15, -0.1) is 46.4 Å². The minimum Gasteiger partial charge on any atom is -0.507 e. The Balaban J connectivity index is 3.18. The van der Waals surface area contributed by atoms with Crippen LogP contribution in [0.15, 0.2) is 6.07 Å². The highest BCUT2D eigenvalue weighted by Crippen LogP contribution is 2.35. The second-order valence-corrected chi connectivity index (χ2v) is 11.0. The fourth-order valence-electron chi connectivity index (χ4n) is 3.49. The van der Waals surface area contributed by atoms with Crippen molar-refractivity contribution in [2.24, 2.45) is 0 Å². The van der Waals surface area contributed by atoms with Crippen molar-refractivity contribution in [3.8, 4) is 11.5 Å². The summed E-state index contributed by atoms with van der Waals surface area (Å²) in [7, 11) is 0. The monoisotopic (exact) mass is 486 g/mol. The Kier molecular flexibility index (Phi) is 11.8. The number of phenolic OH excluding ortho intramolecular Hbond substituents is 2. The van der Waals surface area contributed by atoms with E-state index in [-0.39, 0.29) is 33.0 Å². The van der Waals surface area contributed by atoms with Gasteiger partial charge in [-0.3, -0.25) is 9.80 Å². The summed E-state index contributed by atoms with van der Waals surface area (Å²) in [5.74, 6) is 0.201. The Hall–Kier alpha value is -0.100. The molecule has 0 fully saturated rings. The van der Waals surface area contributed by atoms with E-state index in [0.717, 1.165) is 11.1 Å². The molecule has 0 amide bonds. The van der Waals surface area contributed by atoms with Gasteiger partial charge in [-0.25, -0.2) is 0 Å². The van der Waals surface area contributed by atoms with Crippen molar-refractivity contribution in [3.63, 3.8) is 0 Å². The number of hydrogen-bond acceptors (Lipinski definition) is 4. The molecule has 29 heavy (non-hydrogen) atoms. The number of aromatic hydroxyl groups is 2. The zero-order chi connectivity index (χ0) is 22.3. The molecule has 4 nitrogen and oxygen atoms in total. The molecule has 1 aromatic carbocycles. The fraction of sp³-hybridized carbons (Fsp3) is 0.714. The molecular formula is C21H34Cl4N2O2. The lowest BCUT2D eigenvalue weighted by atomic mass is 10.0. The van der Waals surface area contributed by atoms with Crippen molar-refractivity contribution in [1.82, 2.24) is 9.80 Å². The molecule has 4 unspecified atom stereocenters. The number of alkyl halides is 4. The highest BCUT2D eigenvalue weighted by molar-refractivity contribution is 6.21. The molecule has 0 heterocycles. The van der Waals surface area contributed by atoms with E-state index in [1.807, 2.05) is 33.8 Å². The number of rotatable bonds is 12. The fourth-order valence-corrected chi connectivity index (χ4v) is 4.27. The highest BCUT2D eigenvalue weighted by Gasteiger charge is 2.21. The summed E-state index contributed by atoms with van der Waals surface area (Å²) in [4.78, 5) is 4.23. The van der Waals surface area contributed by atoms with Gasteiger partial charge in [-0.1, -0.05) is 0 Å². The van der Waals surface area contributed by atoms with Crippen molar-refractivity contribution in [1.29, 1.82) is 0 Å². The number of phenols is 2. The Bertz CT molecular complexity index is 569. The molecule has 8 heteroatoms. The maximum atomic E-state index is 10.6. The lowest BCUT2D eigenvalue weighted by Crippen LogP contribution is -2.34. The van der Waals surface area contributed by atoms with Gasteiger partial charge in [0, 0.05) is 77.5 Å². The predicted molar refractivity (Wildman–Crippen MR) is 126 cm³/mol. The van der Waals surface area contributed by atoms with E-state index < -0.39 is 0 Å². The summed E-state index contributed by atoms with van der Waals surface area (Å²) in [6, 6.07) is 1.85. The first-order valence-electron chi connectivity index (χ1n) is 9.94. The van der Waals surface area contributed by atoms with Crippen LogP contribution in [0, 0.1) is 6.92 Å². The van der Waals surface area contributed by atoms with Crippen LogP contribution in [0.5, 0.6) is 11.5 Å². The van der Waals surface area contributed by atoms with Gasteiger partial charge >= 0.3 is 0 Å². The minimum atomic E-state index is -0.0452. The van der Waals surface area contributed by atoms with Crippen LogP contribution in [0.1, 0.15) is 44.4 Å². The summed E-state index contributed by atoms with van der Waals surface area (Å²) in [5.41, 5.74) is 1.94. The third kappa shape index (κ3) is 9.71. The second kappa shape index (κ2) is 12.7. The zero-order valence-electron chi connectivity index (χ0n) is 17.9. The highest BCUT2D eigenvalue weighted by atomic mass is 35.5. The third-order valence-electron chi connectivity index (χ3n) is 4.49. The molecule has 4 atom stereocenters. The average Bonchev–Trinajstić information content (AvgIpc) is 2.54. The number of benzene rings is 1. The average molecular weight is 488 g/mol. The van der Waals surface area contributed by atoms with E-state index in [1.54, 1.807) is 6.92 Å². The van der Waals surface area contributed by atoms with Crippen LogP contribution in [0.4, 0.5) is 0 Å². The normalized spacial score (nSPS) is 16.2. The molecule has 2 N–H and O–H groups in total. The van der Waals surface area contributed by atoms with Gasteiger partial charge in [0.15, 0.2) is 0 Å². The van der Waals surface area contributed by atoms with Crippen molar-refractivity contribution in [3.05, 3.63) is 22.8 Å². The van der Waals surface area contributed by atoms with Crippen LogP contribution in [-0.2, 0) is 13.1 Å². The number of hydrogen-bond donors (Lipinski definition) is 2. The molecule has 0 aliphatic carbocycles. The molecule has 0 radical (unpaired) electrons. The second-order valence-electron chi connectivity index (χ2n) is 8.03. The lowest BCUT2D eigenvalue weighted by molar-refractivity contribution is 0.260. The van der Waals surface area contributed by atoms with Crippen molar-refractivity contribution >= 4 is 46.4 Å². The topological polar surface area (TPSA) is 46.9 Å². The molecule has 168 valence electrons. The van der Waals surface area contributed by atoms with Crippen LogP contribution < -0.4 is 0 Å². The largest absolute Gasteiger partial charge is 0.507 e. The molecule has 0 bridgehead atoms. The minimum absolute atomic E-state index is 0.0452. The van der Waals surface area contributed by atoms with Gasteiger partial charge in [-0.2, -0.15) is 0 Å². The van der Waals surface area contributed by atoms with Crippen LogP contribution in [0.25, 0.3) is 0 Å². The van der Waals surface area contributed by atoms with Crippen LogP contribution in [0.3, 0.4) is 0 Å². The van der Waals surface area contributed by atoms with Gasteiger partial charge < -0.3 is 10.2 Å². The Morgan fingerprint density at radius 2 is 0.966 bits per heavy atom. The van der Waals surface area contributed by atoms with E-state index in [4.69, 9.17) is 46.4 Å². The molecule has 1 rings (SSSR count). The summed E-state index contributed by atoms with van der Waals surface area (Å²) < 4.78 is 0. The van der Waals surface area contributed by atoms with Gasteiger partial charge in [0.2, 0.25) is 0 Å². The summed E-state index contributed by atoms with van der Waals surface area (Å²) in [6.07, 6.45) is 0.